The van der Waals surface area contributed by atoms with Gasteiger partial charge in [0.2, 0.25) is 0 Å². The topological polar surface area (TPSA) is 38.1 Å². The number of hydrogen-bond acceptors (Lipinski definition) is 3. The van der Waals surface area contributed by atoms with Crippen LogP contribution in [-0.2, 0) is 24.0 Å². The second-order valence-electron chi connectivity index (χ2n) is 7.46. The maximum Gasteiger partial charge on any atom is 0.128 e. The predicted octanol–water partition coefficient (Wildman–Crippen LogP) is 6.57. The molecule has 4 aromatic rings. The molecule has 32 heavy (non-hydrogen) atoms. The average Bonchev–Trinajstić information content (AvgIpc) is 3.21. The van der Waals surface area contributed by atoms with Crippen molar-refractivity contribution in [2.75, 3.05) is 0 Å². The molecule has 0 amide bonds. The van der Waals surface area contributed by atoms with Gasteiger partial charge in [0, 0.05) is 51.6 Å². The Balaban J connectivity index is 1.47. The highest BCUT2D eigenvalue weighted by Crippen LogP contribution is 2.36. The first-order valence-corrected chi connectivity index (χ1v) is 12.7. The van der Waals surface area contributed by atoms with Gasteiger partial charge in [0.05, 0.1) is 16.6 Å². The third-order valence-electron chi connectivity index (χ3n) is 5.34. The van der Waals surface area contributed by atoms with Crippen LogP contribution in [0.25, 0.3) is 0 Å². The van der Waals surface area contributed by atoms with Gasteiger partial charge < -0.3 is 0 Å². The standard InChI is InChI=1S/C24H19Cl2N3OS2/c25-19-6-10-21(11-7-19)31-29-16-18-15-28(32(30)22-12-8-20(26)9-13-22)24(14-23(18)27-29)17-4-2-1-3-5-17/h1-13,16,24H,14-15H2. The molecule has 162 valence electrons. The zero-order chi connectivity index (χ0) is 22.1. The van der Waals surface area contributed by atoms with E-state index in [2.05, 4.69) is 12.1 Å². The number of hydrogen-bond donors (Lipinski definition) is 0. The summed E-state index contributed by atoms with van der Waals surface area (Å²) < 4.78 is 17.5. The second kappa shape index (κ2) is 9.41. The molecule has 0 radical (unpaired) electrons. The molecule has 1 aliphatic heterocycles. The third-order valence-corrected chi connectivity index (χ3v) is 8.19. The fraction of sp³-hybridized carbons (Fsp3) is 0.125. The molecule has 3 aromatic carbocycles. The van der Waals surface area contributed by atoms with E-state index in [1.54, 1.807) is 12.1 Å². The van der Waals surface area contributed by atoms with Gasteiger partial charge in [-0.05, 0) is 54.1 Å². The van der Waals surface area contributed by atoms with Crippen molar-refractivity contribution in [3.8, 4) is 0 Å². The van der Waals surface area contributed by atoms with Crippen molar-refractivity contribution >= 4 is 46.1 Å². The van der Waals surface area contributed by atoms with Crippen LogP contribution in [0.3, 0.4) is 0 Å². The van der Waals surface area contributed by atoms with Crippen molar-refractivity contribution < 1.29 is 4.21 Å². The molecular formula is C24H19Cl2N3OS2. The number of halogens is 2. The van der Waals surface area contributed by atoms with Crippen molar-refractivity contribution in [1.29, 1.82) is 0 Å². The van der Waals surface area contributed by atoms with Gasteiger partial charge in [0.25, 0.3) is 0 Å². The highest BCUT2D eigenvalue weighted by molar-refractivity contribution is 7.97. The van der Waals surface area contributed by atoms with Gasteiger partial charge in [-0.2, -0.15) is 5.10 Å². The van der Waals surface area contributed by atoms with Gasteiger partial charge >= 0.3 is 0 Å². The highest BCUT2D eigenvalue weighted by atomic mass is 35.5. The van der Waals surface area contributed by atoms with Crippen molar-refractivity contribution in [2.45, 2.75) is 28.8 Å². The summed E-state index contributed by atoms with van der Waals surface area (Å²) in [4.78, 5) is 1.79. The average molecular weight is 500 g/mol. The van der Waals surface area contributed by atoms with E-state index < -0.39 is 11.0 Å². The largest absolute Gasteiger partial charge is 0.237 e. The molecule has 2 unspecified atom stereocenters. The summed E-state index contributed by atoms with van der Waals surface area (Å²) in [6.07, 6.45) is 2.72. The quantitative estimate of drug-likeness (QED) is 0.311. The molecule has 0 fully saturated rings. The Morgan fingerprint density at radius 1 is 0.906 bits per heavy atom. The van der Waals surface area contributed by atoms with E-state index >= 15 is 0 Å². The Kier molecular flexibility index (Phi) is 6.40. The summed E-state index contributed by atoms with van der Waals surface area (Å²) >= 11 is 13.6. The smallest absolute Gasteiger partial charge is 0.128 e. The summed E-state index contributed by atoms with van der Waals surface area (Å²) in [7, 11) is -1.33. The van der Waals surface area contributed by atoms with Crippen LogP contribution in [0.4, 0.5) is 0 Å². The molecule has 1 aliphatic rings. The minimum Gasteiger partial charge on any atom is -0.237 e. The maximum absolute atomic E-state index is 13.6. The van der Waals surface area contributed by atoms with Gasteiger partial charge in [0.1, 0.15) is 11.0 Å². The van der Waals surface area contributed by atoms with Crippen LogP contribution >= 0.6 is 35.1 Å². The SMILES string of the molecule is O=S(c1ccc(Cl)cc1)N1Cc2cn(Sc3ccc(Cl)cc3)nc2CC1c1ccccc1. The summed E-state index contributed by atoms with van der Waals surface area (Å²) in [5.74, 6) is 0. The van der Waals surface area contributed by atoms with Gasteiger partial charge in [0.15, 0.2) is 0 Å². The lowest BCUT2D eigenvalue weighted by atomic mass is 9.97. The normalized spacial score (nSPS) is 17.1. The van der Waals surface area contributed by atoms with E-state index in [1.165, 1.54) is 11.9 Å². The van der Waals surface area contributed by atoms with E-state index in [0.29, 0.717) is 23.0 Å². The number of aromatic nitrogens is 2. The van der Waals surface area contributed by atoms with Crippen LogP contribution in [0.15, 0.2) is 94.9 Å². The fourth-order valence-corrected chi connectivity index (χ4v) is 6.13. The van der Waals surface area contributed by atoms with Gasteiger partial charge in [-0.1, -0.05) is 53.5 Å². The molecule has 0 aliphatic carbocycles. The first kappa shape index (κ1) is 21.7. The van der Waals surface area contributed by atoms with Gasteiger partial charge in [-0.15, -0.1) is 0 Å². The van der Waals surface area contributed by atoms with E-state index in [4.69, 9.17) is 28.3 Å². The Morgan fingerprint density at radius 2 is 1.56 bits per heavy atom. The van der Waals surface area contributed by atoms with Crippen LogP contribution in [-0.4, -0.2) is 17.7 Å². The molecule has 0 saturated carbocycles. The van der Waals surface area contributed by atoms with Crippen LogP contribution in [0.5, 0.6) is 0 Å². The molecule has 0 saturated heterocycles. The zero-order valence-corrected chi connectivity index (χ0v) is 20.0. The number of nitrogens with zero attached hydrogens (tertiary/aromatic N) is 3. The minimum atomic E-state index is -1.33. The second-order valence-corrected chi connectivity index (χ2v) is 10.8. The molecule has 2 heterocycles. The predicted molar refractivity (Wildman–Crippen MR) is 131 cm³/mol. The summed E-state index contributed by atoms with van der Waals surface area (Å²) in [5, 5.41) is 6.17. The monoisotopic (exact) mass is 499 g/mol. The molecule has 5 rings (SSSR count). The van der Waals surface area contributed by atoms with Crippen molar-refractivity contribution in [1.82, 2.24) is 13.5 Å². The van der Waals surface area contributed by atoms with E-state index in [1.807, 2.05) is 69.2 Å². The third kappa shape index (κ3) is 4.65. The van der Waals surface area contributed by atoms with Gasteiger partial charge in [-0.3, -0.25) is 0 Å². The minimum absolute atomic E-state index is 0.0379. The molecule has 0 spiro atoms. The highest BCUT2D eigenvalue weighted by Gasteiger charge is 2.33. The number of rotatable bonds is 5. The molecule has 4 nitrogen and oxygen atoms in total. The Bertz CT molecular complexity index is 1240. The molecule has 8 heteroatoms. The van der Waals surface area contributed by atoms with E-state index in [9.17, 15) is 4.21 Å². The van der Waals surface area contributed by atoms with Gasteiger partial charge in [-0.25, -0.2) is 12.6 Å². The molecule has 2 atom stereocenters. The summed E-state index contributed by atoms with van der Waals surface area (Å²) in [6, 6.07) is 25.1. The summed E-state index contributed by atoms with van der Waals surface area (Å²) in [6.45, 7) is 0.547. The Hall–Kier alpha value is -2.09. The van der Waals surface area contributed by atoms with E-state index in [-0.39, 0.29) is 6.04 Å². The zero-order valence-electron chi connectivity index (χ0n) is 16.9. The van der Waals surface area contributed by atoms with Crippen LogP contribution in [0, 0.1) is 0 Å². The van der Waals surface area contributed by atoms with Crippen molar-refractivity contribution in [3.63, 3.8) is 0 Å². The first-order chi connectivity index (χ1) is 15.6. The molecule has 1 aromatic heterocycles. The molecular weight excluding hydrogens is 481 g/mol. The van der Waals surface area contributed by atoms with E-state index in [0.717, 1.165) is 26.6 Å². The van der Waals surface area contributed by atoms with Crippen molar-refractivity contribution in [2.24, 2.45) is 0 Å². The molecule has 0 N–H and O–H groups in total. The Morgan fingerprint density at radius 3 is 2.25 bits per heavy atom. The molecule has 0 bridgehead atoms. The number of fused-ring (bicyclic) bond motifs is 1. The number of benzene rings is 3. The van der Waals surface area contributed by atoms with Crippen LogP contribution in [0.2, 0.25) is 10.0 Å². The fourth-order valence-electron chi connectivity index (χ4n) is 3.76. The van der Waals surface area contributed by atoms with Crippen molar-refractivity contribution in [3.05, 3.63) is 112 Å². The summed E-state index contributed by atoms with van der Waals surface area (Å²) in [5.41, 5.74) is 3.24. The first-order valence-electron chi connectivity index (χ1n) is 10.1. The van der Waals surface area contributed by atoms with Crippen LogP contribution < -0.4 is 0 Å². The maximum atomic E-state index is 13.6. The lowest BCUT2D eigenvalue weighted by molar-refractivity contribution is 0.311. The lowest BCUT2D eigenvalue weighted by Gasteiger charge is -2.34. The Labute approximate surface area is 203 Å². The van der Waals surface area contributed by atoms with Crippen LogP contribution in [0.1, 0.15) is 22.9 Å². The lowest BCUT2D eigenvalue weighted by Crippen LogP contribution is -2.35.